The molecule has 0 aliphatic carbocycles. The van der Waals surface area contributed by atoms with E-state index in [2.05, 4.69) is 4.98 Å². The topological polar surface area (TPSA) is 63.0 Å². The number of esters is 1. The molecule has 0 atom stereocenters. The van der Waals surface area contributed by atoms with Crippen molar-refractivity contribution in [2.24, 2.45) is 0 Å². The third-order valence-corrected chi connectivity index (χ3v) is 3.55. The van der Waals surface area contributed by atoms with Crippen LogP contribution >= 0.6 is 0 Å². The molecule has 0 N–H and O–H groups in total. The zero-order valence-corrected chi connectivity index (χ0v) is 12.6. The summed E-state index contributed by atoms with van der Waals surface area (Å²) < 4.78 is 4.97. The van der Waals surface area contributed by atoms with Crippen molar-refractivity contribution >= 4 is 16.9 Å². The lowest BCUT2D eigenvalue weighted by Crippen LogP contribution is -2.07. The van der Waals surface area contributed by atoms with Crippen molar-refractivity contribution in [3.8, 4) is 17.3 Å². The maximum Gasteiger partial charge on any atom is 0.339 e. The molecule has 0 fully saturated rings. The van der Waals surface area contributed by atoms with E-state index in [0.29, 0.717) is 16.6 Å². The molecule has 2 aromatic carbocycles. The van der Waals surface area contributed by atoms with E-state index in [-0.39, 0.29) is 6.61 Å². The maximum absolute atomic E-state index is 12.3. The van der Waals surface area contributed by atoms with Crippen LogP contribution in [0.4, 0.5) is 0 Å². The molecule has 0 amide bonds. The van der Waals surface area contributed by atoms with Crippen molar-refractivity contribution in [2.75, 3.05) is 6.61 Å². The Bertz CT molecular complexity index is 909. The third kappa shape index (κ3) is 3.04. The van der Waals surface area contributed by atoms with Crippen molar-refractivity contribution in [2.45, 2.75) is 6.92 Å². The Kier molecular flexibility index (Phi) is 4.03. The van der Waals surface area contributed by atoms with Crippen LogP contribution in [-0.4, -0.2) is 17.6 Å². The predicted molar refractivity (Wildman–Crippen MR) is 87.8 cm³/mol. The van der Waals surface area contributed by atoms with Crippen molar-refractivity contribution in [3.63, 3.8) is 0 Å². The summed E-state index contributed by atoms with van der Waals surface area (Å²) in [7, 11) is 0. The Balaban J connectivity index is 2.15. The van der Waals surface area contributed by atoms with Gasteiger partial charge in [0, 0.05) is 10.9 Å². The first-order valence-corrected chi connectivity index (χ1v) is 7.20. The SMILES string of the molecule is Cc1ccc(-c2cc(C(=O)OCC#N)c3ccccc3n2)cc1. The van der Waals surface area contributed by atoms with Crippen LogP contribution in [-0.2, 0) is 4.74 Å². The van der Waals surface area contributed by atoms with Gasteiger partial charge in [-0.3, -0.25) is 0 Å². The molecule has 0 spiro atoms. The van der Waals surface area contributed by atoms with E-state index < -0.39 is 5.97 Å². The maximum atomic E-state index is 12.3. The van der Waals surface area contributed by atoms with Gasteiger partial charge in [-0.25, -0.2) is 9.78 Å². The number of hydrogen-bond acceptors (Lipinski definition) is 4. The Morgan fingerprint density at radius 3 is 2.65 bits per heavy atom. The van der Waals surface area contributed by atoms with Crippen molar-refractivity contribution in [1.29, 1.82) is 5.26 Å². The van der Waals surface area contributed by atoms with Crippen LogP contribution in [0.15, 0.2) is 54.6 Å². The van der Waals surface area contributed by atoms with Gasteiger partial charge in [0.1, 0.15) is 6.07 Å². The van der Waals surface area contributed by atoms with Gasteiger partial charge in [0.2, 0.25) is 0 Å². The number of rotatable bonds is 3. The lowest BCUT2D eigenvalue weighted by atomic mass is 10.0. The van der Waals surface area contributed by atoms with Crippen LogP contribution in [0.25, 0.3) is 22.2 Å². The standard InChI is InChI=1S/C19H14N2O2/c1-13-6-8-14(9-7-13)18-12-16(19(22)23-11-10-20)15-4-2-3-5-17(15)21-18/h2-9,12H,11H2,1H3. The summed E-state index contributed by atoms with van der Waals surface area (Å²) in [6, 6.07) is 18.9. The molecule has 0 saturated carbocycles. The number of aromatic nitrogens is 1. The van der Waals surface area contributed by atoms with Gasteiger partial charge in [-0.2, -0.15) is 5.26 Å². The first-order chi connectivity index (χ1) is 11.2. The molecule has 0 aliphatic heterocycles. The van der Waals surface area contributed by atoms with Gasteiger partial charge in [0.05, 0.1) is 16.8 Å². The fourth-order valence-electron chi connectivity index (χ4n) is 2.39. The van der Waals surface area contributed by atoms with E-state index >= 15 is 0 Å². The molecule has 3 rings (SSSR count). The minimum atomic E-state index is -0.515. The molecule has 4 heteroatoms. The zero-order chi connectivity index (χ0) is 16.2. The van der Waals surface area contributed by atoms with Gasteiger partial charge in [0.15, 0.2) is 6.61 Å². The number of carbonyl (C=O) groups excluding carboxylic acids is 1. The number of benzene rings is 2. The highest BCUT2D eigenvalue weighted by molar-refractivity contribution is 6.04. The van der Waals surface area contributed by atoms with Gasteiger partial charge >= 0.3 is 5.97 Å². The van der Waals surface area contributed by atoms with Gasteiger partial charge in [-0.1, -0.05) is 48.0 Å². The van der Waals surface area contributed by atoms with Crippen LogP contribution in [0.3, 0.4) is 0 Å². The van der Waals surface area contributed by atoms with Gasteiger partial charge in [-0.15, -0.1) is 0 Å². The highest BCUT2D eigenvalue weighted by Crippen LogP contribution is 2.25. The first kappa shape index (κ1) is 14.7. The van der Waals surface area contributed by atoms with E-state index in [1.807, 2.05) is 61.5 Å². The van der Waals surface area contributed by atoms with E-state index in [9.17, 15) is 4.79 Å². The largest absolute Gasteiger partial charge is 0.447 e. The molecule has 23 heavy (non-hydrogen) atoms. The van der Waals surface area contributed by atoms with Crippen molar-refractivity contribution < 1.29 is 9.53 Å². The summed E-state index contributed by atoms with van der Waals surface area (Å²) in [6.45, 7) is 1.75. The fourth-order valence-corrected chi connectivity index (χ4v) is 2.39. The number of para-hydroxylation sites is 1. The third-order valence-electron chi connectivity index (χ3n) is 3.55. The second-order valence-corrected chi connectivity index (χ2v) is 5.17. The van der Waals surface area contributed by atoms with Crippen molar-refractivity contribution in [1.82, 2.24) is 4.98 Å². The van der Waals surface area contributed by atoms with Crippen LogP contribution in [0, 0.1) is 18.3 Å². The summed E-state index contributed by atoms with van der Waals surface area (Å²) in [6.07, 6.45) is 0. The molecule has 0 saturated heterocycles. The quantitative estimate of drug-likeness (QED) is 0.688. The van der Waals surface area contributed by atoms with Crippen LogP contribution in [0.1, 0.15) is 15.9 Å². The Labute approximate surface area is 134 Å². The van der Waals surface area contributed by atoms with Crippen LogP contribution in [0.5, 0.6) is 0 Å². The van der Waals surface area contributed by atoms with E-state index in [1.54, 1.807) is 6.07 Å². The summed E-state index contributed by atoms with van der Waals surface area (Å²) >= 11 is 0. The molecule has 0 radical (unpaired) electrons. The van der Waals surface area contributed by atoms with E-state index in [0.717, 1.165) is 16.6 Å². The average molecular weight is 302 g/mol. The molecule has 1 aromatic heterocycles. The molecular weight excluding hydrogens is 288 g/mol. The number of hydrogen-bond donors (Lipinski definition) is 0. The second-order valence-electron chi connectivity index (χ2n) is 5.17. The zero-order valence-electron chi connectivity index (χ0n) is 12.6. The number of ether oxygens (including phenoxy) is 1. The fraction of sp³-hybridized carbons (Fsp3) is 0.105. The van der Waals surface area contributed by atoms with E-state index in [4.69, 9.17) is 10.00 Å². The van der Waals surface area contributed by atoms with Crippen LogP contribution < -0.4 is 0 Å². The number of carbonyl (C=O) groups is 1. The molecule has 112 valence electrons. The number of nitriles is 1. The molecule has 3 aromatic rings. The molecular formula is C19H14N2O2. The molecule has 0 bridgehead atoms. The Hall–Kier alpha value is -3.19. The van der Waals surface area contributed by atoms with Crippen LogP contribution in [0.2, 0.25) is 0 Å². The summed E-state index contributed by atoms with van der Waals surface area (Å²) in [5.41, 5.74) is 3.92. The summed E-state index contributed by atoms with van der Waals surface area (Å²) in [5, 5.41) is 9.31. The second kappa shape index (κ2) is 6.29. The minimum absolute atomic E-state index is 0.269. The monoisotopic (exact) mass is 302 g/mol. The Morgan fingerprint density at radius 2 is 1.91 bits per heavy atom. The summed E-state index contributed by atoms with van der Waals surface area (Å²) in [4.78, 5) is 16.9. The smallest absolute Gasteiger partial charge is 0.339 e. The number of pyridine rings is 1. The molecule has 4 nitrogen and oxygen atoms in total. The van der Waals surface area contributed by atoms with E-state index in [1.165, 1.54) is 0 Å². The number of fused-ring (bicyclic) bond motifs is 1. The highest BCUT2D eigenvalue weighted by Gasteiger charge is 2.15. The predicted octanol–water partition coefficient (Wildman–Crippen LogP) is 3.89. The van der Waals surface area contributed by atoms with Gasteiger partial charge in [0.25, 0.3) is 0 Å². The average Bonchev–Trinajstić information content (AvgIpc) is 2.59. The minimum Gasteiger partial charge on any atom is -0.447 e. The molecule has 1 heterocycles. The lowest BCUT2D eigenvalue weighted by Gasteiger charge is -2.09. The normalized spacial score (nSPS) is 10.3. The number of nitrogens with zero attached hydrogens (tertiary/aromatic N) is 2. The highest BCUT2D eigenvalue weighted by atomic mass is 16.5. The van der Waals surface area contributed by atoms with Crippen molar-refractivity contribution in [3.05, 3.63) is 65.7 Å². The van der Waals surface area contributed by atoms with Gasteiger partial charge in [-0.05, 0) is 19.1 Å². The van der Waals surface area contributed by atoms with Gasteiger partial charge < -0.3 is 4.74 Å². The number of aryl methyl sites for hydroxylation is 1. The Morgan fingerprint density at radius 1 is 1.17 bits per heavy atom. The first-order valence-electron chi connectivity index (χ1n) is 7.20. The molecule has 0 aliphatic rings. The summed E-state index contributed by atoms with van der Waals surface area (Å²) in [5.74, 6) is -0.515. The molecule has 0 unspecified atom stereocenters. The lowest BCUT2D eigenvalue weighted by molar-refractivity contribution is 0.0557.